The number of nitrogens with one attached hydrogen (secondary N) is 1. The first-order chi connectivity index (χ1) is 12.0. The summed E-state index contributed by atoms with van der Waals surface area (Å²) in [4.78, 5) is 24.0. The van der Waals surface area contributed by atoms with Crippen molar-refractivity contribution in [3.05, 3.63) is 41.6 Å². The number of rotatable bonds is 5. The summed E-state index contributed by atoms with van der Waals surface area (Å²) in [5.74, 6) is 0.330. The Hall–Kier alpha value is -2.63. The number of amides is 1. The van der Waals surface area contributed by atoms with Crippen molar-refractivity contribution in [1.82, 2.24) is 10.5 Å². The van der Waals surface area contributed by atoms with Gasteiger partial charge in [0, 0.05) is 11.6 Å². The van der Waals surface area contributed by atoms with E-state index in [0.717, 1.165) is 24.0 Å². The quantitative estimate of drug-likeness (QED) is 0.873. The molecule has 2 saturated carbocycles. The topological polar surface area (TPSA) is 92.4 Å². The standard InChI is InChI=1S/C19H20N2O4/c1-10-4-2-3-5-14(10)16-9-15(21-25-16)18(22)20-17(19(23)24)13-7-11-6-12(11)8-13/h2-5,9,11-13,17H,6-8H2,1H3,(H,20,22)(H,23,24). The number of hydrogen-bond acceptors (Lipinski definition) is 4. The fourth-order valence-corrected chi connectivity index (χ4v) is 3.99. The first kappa shape index (κ1) is 15.9. The van der Waals surface area contributed by atoms with E-state index in [4.69, 9.17) is 4.52 Å². The van der Waals surface area contributed by atoms with Crippen molar-refractivity contribution >= 4 is 11.9 Å². The predicted octanol–water partition coefficient (Wildman–Crippen LogP) is 2.88. The summed E-state index contributed by atoms with van der Waals surface area (Å²) in [5, 5.41) is 15.9. The second kappa shape index (κ2) is 6.02. The fraction of sp³-hybridized carbons (Fsp3) is 0.421. The maximum atomic E-state index is 12.4. The van der Waals surface area contributed by atoms with Crippen LogP contribution in [0.1, 0.15) is 35.3 Å². The van der Waals surface area contributed by atoms with Crippen LogP contribution in [-0.4, -0.2) is 28.2 Å². The lowest BCUT2D eigenvalue weighted by molar-refractivity contribution is -0.140. The zero-order chi connectivity index (χ0) is 17.6. The fourth-order valence-electron chi connectivity index (χ4n) is 3.99. The van der Waals surface area contributed by atoms with Crippen molar-refractivity contribution in [2.75, 3.05) is 0 Å². The Kier molecular flexibility index (Phi) is 3.82. The Morgan fingerprint density at radius 1 is 1.24 bits per heavy atom. The molecule has 1 aromatic carbocycles. The van der Waals surface area contributed by atoms with Gasteiger partial charge < -0.3 is 14.9 Å². The molecule has 0 aliphatic heterocycles. The van der Waals surface area contributed by atoms with Gasteiger partial charge >= 0.3 is 5.97 Å². The molecule has 25 heavy (non-hydrogen) atoms. The van der Waals surface area contributed by atoms with Gasteiger partial charge in [0.2, 0.25) is 0 Å². The molecule has 2 aliphatic carbocycles. The van der Waals surface area contributed by atoms with Crippen LogP contribution < -0.4 is 5.32 Å². The van der Waals surface area contributed by atoms with Crippen LogP contribution in [0.25, 0.3) is 11.3 Å². The molecule has 3 unspecified atom stereocenters. The average molecular weight is 340 g/mol. The minimum Gasteiger partial charge on any atom is -0.480 e. The largest absolute Gasteiger partial charge is 0.480 e. The number of benzene rings is 1. The van der Waals surface area contributed by atoms with Crippen LogP contribution in [0.5, 0.6) is 0 Å². The van der Waals surface area contributed by atoms with Crippen molar-refractivity contribution in [3.8, 4) is 11.3 Å². The zero-order valence-electron chi connectivity index (χ0n) is 13.9. The van der Waals surface area contributed by atoms with Gasteiger partial charge in [0.1, 0.15) is 6.04 Å². The summed E-state index contributed by atoms with van der Waals surface area (Å²) >= 11 is 0. The maximum absolute atomic E-state index is 12.4. The molecular weight excluding hydrogens is 320 g/mol. The van der Waals surface area contributed by atoms with E-state index < -0.39 is 17.9 Å². The highest BCUT2D eigenvalue weighted by Crippen LogP contribution is 2.55. The smallest absolute Gasteiger partial charge is 0.326 e. The molecule has 0 saturated heterocycles. The number of aromatic nitrogens is 1. The van der Waals surface area contributed by atoms with Gasteiger partial charge in [-0.2, -0.15) is 0 Å². The van der Waals surface area contributed by atoms with Gasteiger partial charge in [-0.15, -0.1) is 0 Å². The van der Waals surface area contributed by atoms with Crippen LogP contribution >= 0.6 is 0 Å². The summed E-state index contributed by atoms with van der Waals surface area (Å²) in [6.45, 7) is 1.95. The normalized spacial score (nSPS) is 25.2. The molecule has 0 radical (unpaired) electrons. The van der Waals surface area contributed by atoms with Crippen LogP contribution in [0.15, 0.2) is 34.9 Å². The summed E-state index contributed by atoms with van der Waals surface area (Å²) in [7, 11) is 0. The minimum absolute atomic E-state index is 0.00735. The van der Waals surface area contributed by atoms with Gasteiger partial charge in [-0.25, -0.2) is 4.79 Å². The molecule has 130 valence electrons. The SMILES string of the molecule is Cc1ccccc1-c1cc(C(=O)NC(C(=O)O)C2CC3CC3C2)no1. The van der Waals surface area contributed by atoms with Crippen LogP contribution in [0, 0.1) is 24.7 Å². The van der Waals surface area contributed by atoms with Gasteiger partial charge in [0.25, 0.3) is 5.91 Å². The third kappa shape index (κ3) is 3.04. The van der Waals surface area contributed by atoms with Gasteiger partial charge in [0.15, 0.2) is 11.5 Å². The molecule has 1 heterocycles. The number of fused-ring (bicyclic) bond motifs is 1. The van der Waals surface area contributed by atoms with Gasteiger partial charge in [-0.1, -0.05) is 29.4 Å². The summed E-state index contributed by atoms with van der Waals surface area (Å²) < 4.78 is 5.29. The molecule has 0 bridgehead atoms. The van der Waals surface area contributed by atoms with E-state index in [1.165, 1.54) is 6.42 Å². The van der Waals surface area contributed by atoms with Gasteiger partial charge in [0.05, 0.1) is 0 Å². The molecule has 1 amide bonds. The van der Waals surface area contributed by atoms with Gasteiger partial charge in [-0.3, -0.25) is 4.79 Å². The van der Waals surface area contributed by atoms with Crippen LogP contribution in [0.3, 0.4) is 0 Å². The Bertz CT molecular complexity index is 818. The molecule has 4 rings (SSSR count). The number of carbonyl (C=O) groups is 2. The molecule has 2 aromatic rings. The van der Waals surface area contributed by atoms with Crippen LogP contribution in [0.4, 0.5) is 0 Å². The monoisotopic (exact) mass is 340 g/mol. The van der Waals surface area contributed by atoms with Gasteiger partial charge in [-0.05, 0) is 49.5 Å². The Morgan fingerprint density at radius 2 is 1.96 bits per heavy atom. The van der Waals surface area contributed by atoms with E-state index in [1.807, 2.05) is 31.2 Å². The molecule has 2 fully saturated rings. The number of aliphatic carboxylic acids is 1. The number of carbonyl (C=O) groups excluding carboxylic acids is 1. The third-order valence-electron chi connectivity index (χ3n) is 5.46. The molecule has 1 aromatic heterocycles. The molecule has 6 nitrogen and oxygen atoms in total. The highest BCUT2D eigenvalue weighted by atomic mass is 16.5. The zero-order valence-corrected chi connectivity index (χ0v) is 13.9. The molecule has 0 spiro atoms. The first-order valence-corrected chi connectivity index (χ1v) is 8.59. The second-order valence-corrected chi connectivity index (χ2v) is 7.17. The Morgan fingerprint density at radius 3 is 2.64 bits per heavy atom. The van der Waals surface area contributed by atoms with E-state index >= 15 is 0 Å². The molecule has 2 aliphatic rings. The van der Waals surface area contributed by atoms with Crippen molar-refractivity contribution in [2.45, 2.75) is 32.2 Å². The molecule has 2 N–H and O–H groups in total. The van der Waals surface area contributed by atoms with E-state index in [9.17, 15) is 14.7 Å². The van der Waals surface area contributed by atoms with Crippen LogP contribution in [-0.2, 0) is 4.79 Å². The Labute approximate surface area is 145 Å². The predicted molar refractivity (Wildman–Crippen MR) is 89.9 cm³/mol. The van der Waals surface area contributed by atoms with E-state index in [2.05, 4.69) is 10.5 Å². The van der Waals surface area contributed by atoms with Crippen molar-refractivity contribution < 1.29 is 19.2 Å². The molecule has 6 heteroatoms. The van der Waals surface area contributed by atoms with Crippen molar-refractivity contribution in [1.29, 1.82) is 0 Å². The van der Waals surface area contributed by atoms with Crippen molar-refractivity contribution in [2.24, 2.45) is 17.8 Å². The molecular formula is C19H20N2O4. The first-order valence-electron chi connectivity index (χ1n) is 8.59. The lowest BCUT2D eigenvalue weighted by atomic mass is 9.94. The maximum Gasteiger partial charge on any atom is 0.326 e. The highest BCUT2D eigenvalue weighted by molar-refractivity contribution is 5.95. The number of hydrogen-bond donors (Lipinski definition) is 2. The number of aryl methyl sites for hydroxylation is 1. The lowest BCUT2D eigenvalue weighted by Gasteiger charge is -2.21. The van der Waals surface area contributed by atoms with Crippen LogP contribution in [0.2, 0.25) is 0 Å². The number of carboxylic acids is 1. The summed E-state index contributed by atoms with van der Waals surface area (Å²) in [6.07, 6.45) is 2.98. The molecule has 3 atom stereocenters. The highest BCUT2D eigenvalue weighted by Gasteiger charge is 2.49. The summed E-state index contributed by atoms with van der Waals surface area (Å²) in [5.41, 5.74) is 1.98. The minimum atomic E-state index is -0.984. The lowest BCUT2D eigenvalue weighted by Crippen LogP contribution is -2.45. The third-order valence-corrected chi connectivity index (χ3v) is 5.46. The number of carboxylic acid groups (broad SMARTS) is 1. The average Bonchev–Trinajstić information content (AvgIpc) is 3.00. The second-order valence-electron chi connectivity index (χ2n) is 7.17. The van der Waals surface area contributed by atoms with E-state index in [0.29, 0.717) is 17.6 Å². The number of nitrogens with zero attached hydrogens (tertiary/aromatic N) is 1. The summed E-state index contributed by atoms with van der Waals surface area (Å²) in [6, 6.07) is 8.34. The Balaban J connectivity index is 1.49. The van der Waals surface area contributed by atoms with E-state index in [-0.39, 0.29) is 11.6 Å². The van der Waals surface area contributed by atoms with E-state index in [1.54, 1.807) is 6.07 Å². The van der Waals surface area contributed by atoms with Crippen molar-refractivity contribution in [3.63, 3.8) is 0 Å².